The van der Waals surface area contributed by atoms with Crippen LogP contribution >= 0.6 is 0 Å². The lowest BCUT2D eigenvalue weighted by atomic mass is 10.0. The van der Waals surface area contributed by atoms with Crippen molar-refractivity contribution in [3.8, 4) is 5.75 Å². The molecule has 3 N–H and O–H groups in total. The number of hydrogen-bond acceptors (Lipinski definition) is 3. The fraction of sp³-hybridized carbons (Fsp3) is 0.353. The Hall–Kier alpha value is -2.07. The summed E-state index contributed by atoms with van der Waals surface area (Å²) in [5.41, 5.74) is 6.93. The van der Waals surface area contributed by atoms with Crippen LogP contribution in [0.2, 0.25) is 0 Å². The standard InChI is InChI=1S/C17H22N2O2/c1-3-10-19-16(20)11-21-17-14(12(2)18)9-8-13-6-4-5-7-15(13)17/h4-9,12H,3,10-11,18H2,1-2H3,(H,19,20)/t12-/m1/s1. The molecular weight excluding hydrogens is 264 g/mol. The lowest BCUT2D eigenvalue weighted by Crippen LogP contribution is -2.29. The first-order valence-corrected chi connectivity index (χ1v) is 7.30. The minimum Gasteiger partial charge on any atom is -0.483 e. The first-order chi connectivity index (χ1) is 10.1. The maximum Gasteiger partial charge on any atom is 0.257 e. The van der Waals surface area contributed by atoms with E-state index in [0.717, 1.165) is 22.8 Å². The van der Waals surface area contributed by atoms with Gasteiger partial charge in [0.15, 0.2) is 6.61 Å². The van der Waals surface area contributed by atoms with Gasteiger partial charge in [-0.05, 0) is 18.7 Å². The maximum absolute atomic E-state index is 11.7. The minimum absolute atomic E-state index is 0.00767. The van der Waals surface area contributed by atoms with Gasteiger partial charge in [-0.15, -0.1) is 0 Å². The highest BCUT2D eigenvalue weighted by Crippen LogP contribution is 2.32. The Bertz CT molecular complexity index is 623. The maximum atomic E-state index is 11.7. The molecule has 21 heavy (non-hydrogen) atoms. The molecule has 2 aromatic rings. The molecular formula is C17H22N2O2. The molecule has 1 amide bonds. The lowest BCUT2D eigenvalue weighted by Gasteiger charge is -2.16. The summed E-state index contributed by atoms with van der Waals surface area (Å²) in [6.45, 7) is 4.60. The quantitative estimate of drug-likeness (QED) is 0.858. The molecule has 4 nitrogen and oxygen atoms in total. The van der Waals surface area contributed by atoms with Crippen molar-refractivity contribution < 1.29 is 9.53 Å². The zero-order valence-corrected chi connectivity index (χ0v) is 12.6. The van der Waals surface area contributed by atoms with Gasteiger partial charge >= 0.3 is 0 Å². The number of benzene rings is 2. The largest absolute Gasteiger partial charge is 0.483 e. The van der Waals surface area contributed by atoms with Crippen molar-refractivity contribution >= 4 is 16.7 Å². The Morgan fingerprint density at radius 2 is 2.05 bits per heavy atom. The van der Waals surface area contributed by atoms with Crippen LogP contribution in [0.3, 0.4) is 0 Å². The van der Waals surface area contributed by atoms with Gasteiger partial charge < -0.3 is 15.8 Å². The Labute approximate surface area is 125 Å². The topological polar surface area (TPSA) is 64.3 Å². The predicted molar refractivity (Wildman–Crippen MR) is 85.3 cm³/mol. The van der Waals surface area contributed by atoms with E-state index in [2.05, 4.69) is 5.32 Å². The lowest BCUT2D eigenvalue weighted by molar-refractivity contribution is -0.123. The van der Waals surface area contributed by atoms with Crippen LogP contribution in [0, 0.1) is 0 Å². The second-order valence-electron chi connectivity index (χ2n) is 5.13. The molecule has 0 aliphatic rings. The highest BCUT2D eigenvalue weighted by Gasteiger charge is 2.13. The van der Waals surface area contributed by atoms with Crippen molar-refractivity contribution in [2.45, 2.75) is 26.3 Å². The zero-order chi connectivity index (χ0) is 15.2. The van der Waals surface area contributed by atoms with Crippen LogP contribution in [0.1, 0.15) is 31.9 Å². The summed E-state index contributed by atoms with van der Waals surface area (Å²) < 4.78 is 5.78. The van der Waals surface area contributed by atoms with E-state index in [1.807, 2.05) is 50.2 Å². The Balaban J connectivity index is 2.27. The number of ether oxygens (including phenoxy) is 1. The zero-order valence-electron chi connectivity index (χ0n) is 12.6. The van der Waals surface area contributed by atoms with Gasteiger partial charge in [-0.25, -0.2) is 0 Å². The molecule has 4 heteroatoms. The van der Waals surface area contributed by atoms with Crippen LogP contribution in [0.25, 0.3) is 10.8 Å². The van der Waals surface area contributed by atoms with Crippen molar-refractivity contribution in [1.29, 1.82) is 0 Å². The van der Waals surface area contributed by atoms with E-state index in [4.69, 9.17) is 10.5 Å². The average molecular weight is 286 g/mol. The van der Waals surface area contributed by atoms with Crippen LogP contribution in [0.15, 0.2) is 36.4 Å². The molecule has 0 saturated heterocycles. The normalized spacial score (nSPS) is 12.1. The summed E-state index contributed by atoms with van der Waals surface area (Å²) in [4.78, 5) is 11.7. The monoisotopic (exact) mass is 286 g/mol. The molecule has 2 rings (SSSR count). The van der Waals surface area contributed by atoms with Gasteiger partial charge in [0.05, 0.1) is 0 Å². The smallest absolute Gasteiger partial charge is 0.257 e. The van der Waals surface area contributed by atoms with Crippen molar-refractivity contribution in [1.82, 2.24) is 5.32 Å². The Morgan fingerprint density at radius 1 is 1.29 bits per heavy atom. The summed E-state index contributed by atoms with van der Waals surface area (Å²) in [6.07, 6.45) is 0.908. The number of rotatable bonds is 6. The molecule has 0 spiro atoms. The van der Waals surface area contributed by atoms with E-state index < -0.39 is 0 Å². The van der Waals surface area contributed by atoms with Gasteiger partial charge in [-0.2, -0.15) is 0 Å². The molecule has 0 bridgehead atoms. The van der Waals surface area contributed by atoms with Gasteiger partial charge in [0.2, 0.25) is 0 Å². The van der Waals surface area contributed by atoms with Crippen molar-refractivity contribution in [2.24, 2.45) is 5.73 Å². The number of carbonyl (C=O) groups excluding carboxylic acids is 1. The van der Waals surface area contributed by atoms with Crippen LogP contribution in [0.5, 0.6) is 5.75 Å². The molecule has 0 radical (unpaired) electrons. The highest BCUT2D eigenvalue weighted by molar-refractivity contribution is 5.90. The first-order valence-electron chi connectivity index (χ1n) is 7.30. The first kappa shape index (κ1) is 15.3. The molecule has 0 saturated carbocycles. The molecule has 2 aromatic carbocycles. The van der Waals surface area contributed by atoms with E-state index in [1.165, 1.54) is 0 Å². The number of amides is 1. The third-order valence-corrected chi connectivity index (χ3v) is 3.32. The molecule has 0 fully saturated rings. The summed E-state index contributed by atoms with van der Waals surface area (Å²) in [6, 6.07) is 11.8. The second-order valence-corrected chi connectivity index (χ2v) is 5.13. The SMILES string of the molecule is CCCNC(=O)COc1c([C@@H](C)N)ccc2ccccc12. The highest BCUT2D eigenvalue weighted by atomic mass is 16.5. The number of hydrogen-bond donors (Lipinski definition) is 2. The summed E-state index contributed by atoms with van der Waals surface area (Å²) in [7, 11) is 0. The number of fused-ring (bicyclic) bond motifs is 1. The van der Waals surface area contributed by atoms with Gasteiger partial charge in [0.25, 0.3) is 5.91 Å². The number of carbonyl (C=O) groups is 1. The Morgan fingerprint density at radius 3 is 2.76 bits per heavy atom. The van der Waals surface area contributed by atoms with E-state index in [0.29, 0.717) is 12.3 Å². The Kier molecular flexibility index (Phi) is 5.17. The van der Waals surface area contributed by atoms with Crippen molar-refractivity contribution in [3.05, 3.63) is 42.0 Å². The number of nitrogens with two attached hydrogens (primary N) is 1. The van der Waals surface area contributed by atoms with Crippen LogP contribution in [-0.4, -0.2) is 19.1 Å². The van der Waals surface area contributed by atoms with E-state index in [-0.39, 0.29) is 18.6 Å². The third kappa shape index (κ3) is 3.73. The number of nitrogens with one attached hydrogen (secondary N) is 1. The van der Waals surface area contributed by atoms with E-state index >= 15 is 0 Å². The second kappa shape index (κ2) is 7.09. The molecule has 0 aromatic heterocycles. The van der Waals surface area contributed by atoms with Crippen LogP contribution in [-0.2, 0) is 4.79 Å². The molecule has 0 aliphatic carbocycles. The average Bonchev–Trinajstić information content (AvgIpc) is 2.50. The molecule has 0 heterocycles. The molecule has 112 valence electrons. The van der Waals surface area contributed by atoms with Crippen LogP contribution < -0.4 is 15.8 Å². The molecule has 1 atom stereocenters. The van der Waals surface area contributed by atoms with E-state index in [1.54, 1.807) is 0 Å². The predicted octanol–water partition coefficient (Wildman–Crippen LogP) is 2.76. The van der Waals surface area contributed by atoms with Gasteiger partial charge in [-0.1, -0.05) is 43.3 Å². The molecule has 0 aliphatic heterocycles. The van der Waals surface area contributed by atoms with Crippen LogP contribution in [0.4, 0.5) is 0 Å². The summed E-state index contributed by atoms with van der Waals surface area (Å²) in [5.74, 6) is 0.593. The fourth-order valence-electron chi connectivity index (χ4n) is 2.23. The van der Waals surface area contributed by atoms with Gasteiger partial charge in [-0.3, -0.25) is 4.79 Å². The van der Waals surface area contributed by atoms with Gasteiger partial charge in [0, 0.05) is 23.5 Å². The van der Waals surface area contributed by atoms with E-state index in [9.17, 15) is 4.79 Å². The van der Waals surface area contributed by atoms with Crippen molar-refractivity contribution in [2.75, 3.05) is 13.2 Å². The summed E-state index contributed by atoms with van der Waals surface area (Å²) >= 11 is 0. The third-order valence-electron chi connectivity index (χ3n) is 3.32. The van der Waals surface area contributed by atoms with Gasteiger partial charge in [0.1, 0.15) is 5.75 Å². The van der Waals surface area contributed by atoms with Crippen molar-refractivity contribution in [3.63, 3.8) is 0 Å². The minimum atomic E-state index is -0.150. The summed E-state index contributed by atoms with van der Waals surface area (Å²) in [5, 5.41) is 4.86. The fourth-order valence-corrected chi connectivity index (χ4v) is 2.23. The molecule has 0 unspecified atom stereocenters.